The normalized spacial score (nSPS) is 10.3. The lowest BCUT2D eigenvalue weighted by atomic mass is 10.2. The van der Waals surface area contributed by atoms with E-state index in [4.69, 9.17) is 44.9 Å². The Morgan fingerprint density at radius 1 is 1.11 bits per heavy atom. The average molecular weight is 441 g/mol. The summed E-state index contributed by atoms with van der Waals surface area (Å²) in [4.78, 5) is 12.2. The number of nitrogens with one attached hydrogen (secondary N) is 2. The van der Waals surface area contributed by atoms with Gasteiger partial charge in [-0.05, 0) is 54.5 Å². The molecule has 0 bridgehead atoms. The highest BCUT2D eigenvalue weighted by molar-refractivity contribution is 7.80. The van der Waals surface area contributed by atoms with E-state index < -0.39 is 0 Å². The van der Waals surface area contributed by atoms with Crippen molar-refractivity contribution in [1.82, 2.24) is 10.6 Å². The number of unbranched alkanes of at least 4 members (excludes halogenated alkanes) is 1. The molecule has 0 aliphatic heterocycles. The second-order valence-electron chi connectivity index (χ2n) is 5.98. The number of hydrogen-bond acceptors (Lipinski definition) is 4. The van der Waals surface area contributed by atoms with Crippen LogP contribution in [0, 0.1) is 0 Å². The van der Waals surface area contributed by atoms with Gasteiger partial charge in [0.15, 0.2) is 16.6 Å². The third-order valence-corrected chi connectivity index (χ3v) is 4.47. The number of carbonyl (C=O) groups excluding carboxylic acids is 1. The Bertz CT molecular complexity index is 826. The molecule has 0 heterocycles. The van der Waals surface area contributed by atoms with Gasteiger partial charge in [0.05, 0.1) is 13.7 Å². The van der Waals surface area contributed by atoms with Gasteiger partial charge in [0, 0.05) is 22.2 Å². The van der Waals surface area contributed by atoms with Crippen LogP contribution in [-0.4, -0.2) is 24.7 Å². The molecule has 0 radical (unpaired) electrons. The van der Waals surface area contributed by atoms with Gasteiger partial charge in [-0.2, -0.15) is 0 Å². The molecule has 28 heavy (non-hydrogen) atoms. The number of carbonyl (C=O) groups is 1. The Balaban J connectivity index is 1.92. The van der Waals surface area contributed by atoms with Crippen LogP contribution in [0.15, 0.2) is 36.4 Å². The monoisotopic (exact) mass is 440 g/mol. The summed E-state index contributed by atoms with van der Waals surface area (Å²) >= 11 is 17.0. The second-order valence-corrected chi connectivity index (χ2v) is 7.26. The molecule has 0 saturated heterocycles. The molecule has 0 unspecified atom stereocenters. The number of hydrogen-bond donors (Lipinski definition) is 2. The highest BCUT2D eigenvalue weighted by atomic mass is 35.5. The lowest BCUT2D eigenvalue weighted by Crippen LogP contribution is -2.38. The minimum Gasteiger partial charge on any atom is -0.493 e. The molecule has 2 aromatic rings. The maximum atomic E-state index is 12.2. The maximum absolute atomic E-state index is 12.2. The molecule has 0 aliphatic carbocycles. The van der Waals surface area contributed by atoms with Crippen molar-refractivity contribution in [3.63, 3.8) is 0 Å². The number of ether oxygens (including phenoxy) is 2. The number of rotatable bonds is 8. The maximum Gasteiger partial charge on any atom is 0.257 e. The Morgan fingerprint density at radius 3 is 2.46 bits per heavy atom. The smallest absolute Gasteiger partial charge is 0.257 e. The molecule has 0 saturated carbocycles. The number of halogens is 2. The molecule has 2 rings (SSSR count). The zero-order valence-corrected chi connectivity index (χ0v) is 18.0. The first kappa shape index (κ1) is 22.3. The molecule has 0 aliphatic rings. The van der Waals surface area contributed by atoms with Gasteiger partial charge in [0.1, 0.15) is 0 Å². The molecular weight excluding hydrogens is 419 g/mol. The molecule has 0 fully saturated rings. The first-order valence-corrected chi connectivity index (χ1v) is 9.94. The number of thiocarbonyl (C=S) groups is 1. The molecule has 0 aromatic heterocycles. The Hall–Kier alpha value is -2.02. The summed E-state index contributed by atoms with van der Waals surface area (Å²) in [5, 5.41) is 6.55. The van der Waals surface area contributed by atoms with Crippen molar-refractivity contribution in [2.24, 2.45) is 0 Å². The van der Waals surface area contributed by atoms with Crippen LogP contribution in [0.4, 0.5) is 0 Å². The standard InChI is InChI=1S/C20H22Cl2N2O3S/c1-3-4-7-27-17-6-5-13(8-18(17)26-2)12-23-20(28)24-19(25)14-9-15(21)11-16(22)10-14/h5-6,8-11H,3-4,7,12H2,1-2H3,(H2,23,24,25,28). The summed E-state index contributed by atoms with van der Waals surface area (Å²) in [6.07, 6.45) is 2.05. The summed E-state index contributed by atoms with van der Waals surface area (Å²) in [6.45, 7) is 3.17. The van der Waals surface area contributed by atoms with Gasteiger partial charge in [0.25, 0.3) is 5.91 Å². The van der Waals surface area contributed by atoms with Crippen molar-refractivity contribution >= 4 is 46.4 Å². The molecular formula is C20H22Cl2N2O3S. The fourth-order valence-corrected chi connectivity index (χ4v) is 3.05. The Labute approximate surface area is 180 Å². The molecule has 5 nitrogen and oxygen atoms in total. The van der Waals surface area contributed by atoms with E-state index in [1.54, 1.807) is 13.2 Å². The summed E-state index contributed by atoms with van der Waals surface area (Å²) in [6, 6.07) is 10.2. The molecule has 2 N–H and O–H groups in total. The topological polar surface area (TPSA) is 59.6 Å². The van der Waals surface area contributed by atoms with Crippen molar-refractivity contribution in [3.8, 4) is 11.5 Å². The summed E-state index contributed by atoms with van der Waals surface area (Å²) in [5.41, 5.74) is 1.26. The van der Waals surface area contributed by atoms with E-state index in [-0.39, 0.29) is 11.0 Å². The first-order valence-electron chi connectivity index (χ1n) is 8.78. The quantitative estimate of drug-likeness (QED) is 0.447. The molecule has 8 heteroatoms. The van der Waals surface area contributed by atoms with Crippen molar-refractivity contribution in [3.05, 3.63) is 57.6 Å². The highest BCUT2D eigenvalue weighted by Crippen LogP contribution is 2.28. The van der Waals surface area contributed by atoms with Gasteiger partial charge in [-0.25, -0.2) is 0 Å². The van der Waals surface area contributed by atoms with Crippen LogP contribution in [0.3, 0.4) is 0 Å². The SMILES string of the molecule is CCCCOc1ccc(CNC(=S)NC(=O)c2cc(Cl)cc(Cl)c2)cc1OC. The van der Waals surface area contributed by atoms with Crippen LogP contribution in [0.25, 0.3) is 0 Å². The van der Waals surface area contributed by atoms with Crippen molar-refractivity contribution < 1.29 is 14.3 Å². The number of methoxy groups -OCH3 is 1. The van der Waals surface area contributed by atoms with E-state index in [2.05, 4.69) is 17.6 Å². The summed E-state index contributed by atoms with van der Waals surface area (Å²) in [5.74, 6) is 0.964. The zero-order chi connectivity index (χ0) is 20.5. The summed E-state index contributed by atoms with van der Waals surface area (Å²) < 4.78 is 11.1. The molecule has 2 aromatic carbocycles. The van der Waals surface area contributed by atoms with Crippen LogP contribution in [0.2, 0.25) is 10.0 Å². The van der Waals surface area contributed by atoms with Crippen molar-refractivity contribution in [2.45, 2.75) is 26.3 Å². The number of amides is 1. The molecule has 0 spiro atoms. The minimum atomic E-state index is -0.390. The van der Waals surface area contributed by atoms with Gasteiger partial charge in [-0.1, -0.05) is 42.6 Å². The van der Waals surface area contributed by atoms with E-state index in [1.807, 2.05) is 18.2 Å². The van der Waals surface area contributed by atoms with Crippen LogP contribution in [-0.2, 0) is 6.54 Å². The number of benzene rings is 2. The Kier molecular flexibility index (Phi) is 8.83. The van der Waals surface area contributed by atoms with Crippen LogP contribution in [0.1, 0.15) is 35.7 Å². The average Bonchev–Trinajstić information content (AvgIpc) is 2.66. The first-order chi connectivity index (χ1) is 13.4. The third-order valence-electron chi connectivity index (χ3n) is 3.79. The predicted molar refractivity (Wildman–Crippen MR) is 117 cm³/mol. The van der Waals surface area contributed by atoms with E-state index in [1.165, 1.54) is 12.1 Å². The fourth-order valence-electron chi connectivity index (χ4n) is 2.35. The lowest BCUT2D eigenvalue weighted by Gasteiger charge is -2.13. The fraction of sp³-hybridized carbons (Fsp3) is 0.300. The Morgan fingerprint density at radius 2 is 1.82 bits per heavy atom. The van der Waals surface area contributed by atoms with E-state index in [0.717, 1.165) is 18.4 Å². The van der Waals surface area contributed by atoms with E-state index in [9.17, 15) is 4.79 Å². The third kappa shape index (κ3) is 6.86. The van der Waals surface area contributed by atoms with Gasteiger partial charge < -0.3 is 14.8 Å². The van der Waals surface area contributed by atoms with Crippen LogP contribution >= 0.6 is 35.4 Å². The van der Waals surface area contributed by atoms with Crippen LogP contribution in [0.5, 0.6) is 11.5 Å². The second kappa shape index (κ2) is 11.1. The molecule has 1 amide bonds. The van der Waals surface area contributed by atoms with E-state index in [0.29, 0.717) is 40.3 Å². The van der Waals surface area contributed by atoms with Gasteiger partial charge in [-0.15, -0.1) is 0 Å². The van der Waals surface area contributed by atoms with Gasteiger partial charge in [-0.3, -0.25) is 10.1 Å². The minimum absolute atomic E-state index is 0.198. The van der Waals surface area contributed by atoms with Crippen molar-refractivity contribution in [2.75, 3.05) is 13.7 Å². The molecule has 150 valence electrons. The lowest BCUT2D eigenvalue weighted by molar-refractivity contribution is 0.0976. The van der Waals surface area contributed by atoms with Gasteiger partial charge in [0.2, 0.25) is 0 Å². The zero-order valence-electron chi connectivity index (χ0n) is 15.7. The van der Waals surface area contributed by atoms with Crippen LogP contribution < -0.4 is 20.1 Å². The molecule has 0 atom stereocenters. The largest absolute Gasteiger partial charge is 0.493 e. The predicted octanol–water partition coefficient (Wildman–Crippen LogP) is 4.99. The van der Waals surface area contributed by atoms with Gasteiger partial charge >= 0.3 is 0 Å². The van der Waals surface area contributed by atoms with Crippen molar-refractivity contribution in [1.29, 1.82) is 0 Å². The highest BCUT2D eigenvalue weighted by Gasteiger charge is 2.11. The van der Waals surface area contributed by atoms with E-state index >= 15 is 0 Å². The summed E-state index contributed by atoms with van der Waals surface area (Å²) in [7, 11) is 1.60.